The van der Waals surface area contributed by atoms with Crippen LogP contribution in [-0.2, 0) is 4.79 Å². The van der Waals surface area contributed by atoms with Crippen molar-refractivity contribution < 1.29 is 4.79 Å². The van der Waals surface area contributed by atoms with Gasteiger partial charge in [0.15, 0.2) is 11.3 Å². The molecule has 1 aromatic carbocycles. The van der Waals surface area contributed by atoms with Gasteiger partial charge in [0.2, 0.25) is 0 Å². The monoisotopic (exact) mass is 328 g/mol. The molecule has 2 aliphatic rings. The van der Waals surface area contributed by atoms with Gasteiger partial charge in [-0.3, -0.25) is 15.1 Å². The summed E-state index contributed by atoms with van der Waals surface area (Å²) < 4.78 is 0. The number of fused-ring (bicyclic) bond motifs is 2. The van der Waals surface area contributed by atoms with E-state index in [0.29, 0.717) is 10.9 Å². The molecule has 110 valence electrons. The van der Waals surface area contributed by atoms with Crippen molar-refractivity contribution >= 4 is 39.9 Å². The topological polar surface area (TPSA) is 57.1 Å². The maximum absolute atomic E-state index is 12.6. The lowest BCUT2D eigenvalue weighted by Gasteiger charge is -2.33. The molecule has 1 amide bonds. The van der Waals surface area contributed by atoms with Gasteiger partial charge in [-0.1, -0.05) is 30.0 Å². The zero-order chi connectivity index (χ0) is 15.1. The zero-order valence-corrected chi connectivity index (χ0v) is 13.3. The van der Waals surface area contributed by atoms with E-state index in [0.717, 1.165) is 16.1 Å². The first-order valence-corrected chi connectivity index (χ1v) is 8.87. The van der Waals surface area contributed by atoms with Gasteiger partial charge in [0.05, 0.1) is 5.36 Å². The first-order chi connectivity index (χ1) is 10.8. The molecule has 0 radical (unpaired) electrons. The fourth-order valence-corrected chi connectivity index (χ4v) is 3.59. The average molecular weight is 328 g/mol. The molecule has 1 N–H and O–H groups in total. The minimum Gasteiger partial charge on any atom is -0.298 e. The molecule has 0 fully saturated rings. The Morgan fingerprint density at radius 3 is 2.95 bits per heavy atom. The number of thioether (sulfide) groups is 1. The summed E-state index contributed by atoms with van der Waals surface area (Å²) in [5, 5.41) is 15.4. The van der Waals surface area contributed by atoms with E-state index in [1.54, 1.807) is 16.3 Å². The van der Waals surface area contributed by atoms with Crippen LogP contribution in [0.1, 0.15) is 11.7 Å². The summed E-state index contributed by atoms with van der Waals surface area (Å²) in [6.45, 7) is 0. The van der Waals surface area contributed by atoms with Crippen LogP contribution < -0.4 is 15.9 Å². The fourth-order valence-electron chi connectivity index (χ4n) is 2.56. The number of rotatable bonds is 1. The van der Waals surface area contributed by atoms with E-state index in [-0.39, 0.29) is 12.1 Å². The van der Waals surface area contributed by atoms with Gasteiger partial charge in [0, 0.05) is 10.8 Å². The van der Waals surface area contributed by atoms with Crippen LogP contribution in [0.25, 0.3) is 5.70 Å². The lowest BCUT2D eigenvalue weighted by atomic mass is 10.1. The minimum absolute atomic E-state index is 0.137. The molecular weight excluding hydrogens is 316 g/mol. The lowest BCUT2D eigenvalue weighted by Crippen LogP contribution is -2.50. The Bertz CT molecular complexity index is 889. The molecule has 7 heteroatoms. The number of carbonyl (C=O) groups excluding carboxylic acids is 1. The highest BCUT2D eigenvalue weighted by atomic mass is 32.2. The molecule has 1 atom stereocenters. The number of hydrogen-bond donors (Lipinski definition) is 1. The largest absolute Gasteiger partial charge is 0.298 e. The first kappa shape index (κ1) is 13.5. The molecule has 2 aliphatic heterocycles. The van der Waals surface area contributed by atoms with E-state index < -0.39 is 0 Å². The van der Waals surface area contributed by atoms with Crippen molar-refractivity contribution in [1.29, 1.82) is 0 Å². The highest BCUT2D eigenvalue weighted by Crippen LogP contribution is 2.31. The Hall–Kier alpha value is -2.12. The molecule has 3 heterocycles. The summed E-state index contributed by atoms with van der Waals surface area (Å²) >= 11 is 3.02. The van der Waals surface area contributed by atoms with Crippen molar-refractivity contribution in [3.63, 3.8) is 0 Å². The van der Waals surface area contributed by atoms with Gasteiger partial charge in [0.25, 0.3) is 5.91 Å². The quantitative estimate of drug-likeness (QED) is 0.857. The molecule has 0 bridgehead atoms. The molecule has 5 nitrogen and oxygen atoms in total. The smallest absolute Gasteiger partial charge is 0.276 e. The molecule has 0 unspecified atom stereocenters. The summed E-state index contributed by atoms with van der Waals surface area (Å²) in [6.07, 6.45) is 1.59. The fraction of sp³-hybridized carbons (Fsp3) is 0.133. The van der Waals surface area contributed by atoms with Crippen molar-refractivity contribution in [2.24, 2.45) is 10.1 Å². The molecule has 22 heavy (non-hydrogen) atoms. The highest BCUT2D eigenvalue weighted by Gasteiger charge is 2.34. The summed E-state index contributed by atoms with van der Waals surface area (Å²) in [4.78, 5) is 17.3. The molecule has 0 aliphatic carbocycles. The Balaban J connectivity index is 2.01. The molecule has 4 rings (SSSR count). The van der Waals surface area contributed by atoms with E-state index in [9.17, 15) is 4.79 Å². The third-order valence-corrected chi connectivity index (χ3v) is 4.82. The number of benzene rings is 1. The van der Waals surface area contributed by atoms with Crippen molar-refractivity contribution in [2.75, 3.05) is 6.26 Å². The first-order valence-electron chi connectivity index (χ1n) is 6.70. The number of amidine groups is 1. The molecule has 2 aromatic rings. The number of carbonyl (C=O) groups is 1. The van der Waals surface area contributed by atoms with Crippen LogP contribution in [0, 0.1) is 0 Å². The second-order valence-electron chi connectivity index (χ2n) is 4.83. The summed E-state index contributed by atoms with van der Waals surface area (Å²) in [7, 11) is 0. The van der Waals surface area contributed by atoms with Crippen molar-refractivity contribution in [1.82, 2.24) is 10.3 Å². The number of hydrogen-bond acceptors (Lipinski definition) is 6. The van der Waals surface area contributed by atoms with E-state index >= 15 is 0 Å². The Labute approximate surface area is 135 Å². The van der Waals surface area contributed by atoms with E-state index in [2.05, 4.69) is 10.4 Å². The van der Waals surface area contributed by atoms with Gasteiger partial charge in [0.1, 0.15) is 5.70 Å². The standard InChI is InChI=1S/C15H12N4OS2/c1-21-15-17-14(20)12-10-4-2-3-5-11(10)16-13(19(12)18-15)9-6-7-22-8-9/h2-8,13H,1H3,(H,17,18,20)/t13-/m0/s1. The SMILES string of the molecule is CSC1=NN2C(=c3ccccc3=N[C@@H]2c2ccsc2)C(=O)N1. The number of amides is 1. The van der Waals surface area contributed by atoms with E-state index in [4.69, 9.17) is 4.99 Å². The van der Waals surface area contributed by atoms with Crippen LogP contribution >= 0.6 is 23.1 Å². The summed E-state index contributed by atoms with van der Waals surface area (Å²) in [6, 6.07) is 9.70. The van der Waals surface area contributed by atoms with Gasteiger partial charge < -0.3 is 0 Å². The van der Waals surface area contributed by atoms with Crippen LogP contribution in [-0.4, -0.2) is 22.3 Å². The Morgan fingerprint density at radius 1 is 1.32 bits per heavy atom. The van der Waals surface area contributed by atoms with Crippen LogP contribution in [0.5, 0.6) is 0 Å². The Morgan fingerprint density at radius 2 is 2.18 bits per heavy atom. The summed E-state index contributed by atoms with van der Waals surface area (Å²) in [5.41, 5.74) is 1.59. The number of nitrogens with zero attached hydrogens (tertiary/aromatic N) is 3. The second kappa shape index (κ2) is 5.26. The predicted octanol–water partition coefficient (Wildman–Crippen LogP) is 1.25. The van der Waals surface area contributed by atoms with Crippen molar-refractivity contribution in [2.45, 2.75) is 6.17 Å². The number of hydrazone groups is 1. The summed E-state index contributed by atoms with van der Waals surface area (Å²) in [5.74, 6) is -0.137. The molecule has 0 spiro atoms. The number of para-hydroxylation sites is 1. The van der Waals surface area contributed by atoms with Gasteiger partial charge >= 0.3 is 0 Å². The van der Waals surface area contributed by atoms with Crippen LogP contribution in [0.15, 0.2) is 51.2 Å². The minimum atomic E-state index is -0.302. The molecular formula is C15H12N4OS2. The van der Waals surface area contributed by atoms with E-state index in [1.165, 1.54) is 11.8 Å². The normalized spacial score (nSPS) is 19.8. The second-order valence-corrected chi connectivity index (χ2v) is 6.41. The zero-order valence-electron chi connectivity index (χ0n) is 11.7. The van der Waals surface area contributed by atoms with Crippen LogP contribution in [0.3, 0.4) is 0 Å². The van der Waals surface area contributed by atoms with Crippen LogP contribution in [0.2, 0.25) is 0 Å². The van der Waals surface area contributed by atoms with Gasteiger partial charge in [-0.15, -0.1) is 5.10 Å². The lowest BCUT2D eigenvalue weighted by molar-refractivity contribution is -0.116. The van der Waals surface area contributed by atoms with Gasteiger partial charge in [-0.25, -0.2) is 5.01 Å². The molecule has 0 saturated heterocycles. The third kappa shape index (κ3) is 2.05. The average Bonchev–Trinajstić information content (AvgIpc) is 3.07. The number of nitrogens with one attached hydrogen (secondary N) is 1. The van der Waals surface area contributed by atoms with Gasteiger partial charge in [-0.05, 0) is 29.1 Å². The maximum atomic E-state index is 12.6. The predicted molar refractivity (Wildman–Crippen MR) is 88.6 cm³/mol. The third-order valence-electron chi connectivity index (χ3n) is 3.55. The van der Waals surface area contributed by atoms with E-state index in [1.807, 2.05) is 47.3 Å². The number of thiophene rings is 1. The molecule has 1 aromatic heterocycles. The highest BCUT2D eigenvalue weighted by molar-refractivity contribution is 8.13. The van der Waals surface area contributed by atoms with Crippen LogP contribution in [0.4, 0.5) is 0 Å². The van der Waals surface area contributed by atoms with Crippen molar-refractivity contribution in [3.8, 4) is 0 Å². The van der Waals surface area contributed by atoms with Gasteiger partial charge in [-0.2, -0.15) is 11.3 Å². The van der Waals surface area contributed by atoms with Crippen molar-refractivity contribution in [3.05, 3.63) is 57.2 Å². The maximum Gasteiger partial charge on any atom is 0.276 e. The Kier molecular flexibility index (Phi) is 3.24. The molecule has 0 saturated carbocycles.